The first-order valence-electron chi connectivity index (χ1n) is 6.87. The van der Waals surface area contributed by atoms with E-state index in [-0.39, 0.29) is 5.91 Å². The van der Waals surface area contributed by atoms with Crippen LogP contribution in [0.4, 0.5) is 5.69 Å². The van der Waals surface area contributed by atoms with Gasteiger partial charge in [0.2, 0.25) is 0 Å². The summed E-state index contributed by atoms with van der Waals surface area (Å²) in [4.78, 5) is 16.3. The van der Waals surface area contributed by atoms with Gasteiger partial charge in [-0.15, -0.1) is 0 Å². The molecule has 0 bridgehead atoms. The molecule has 1 aromatic heterocycles. The van der Waals surface area contributed by atoms with Crippen LogP contribution >= 0.6 is 22.9 Å². The average molecular weight is 345 g/mol. The van der Waals surface area contributed by atoms with Crippen molar-refractivity contribution in [2.24, 2.45) is 0 Å². The molecular weight excluding hydrogens is 332 g/mol. The normalized spacial score (nSPS) is 10.3. The molecule has 23 heavy (non-hydrogen) atoms. The molecule has 116 valence electrons. The number of carbonyl (C=O) groups excluding carboxylic acids is 1. The first kappa shape index (κ1) is 15.5. The van der Waals surface area contributed by atoms with E-state index in [9.17, 15) is 4.79 Å². The highest BCUT2D eigenvalue weighted by Crippen LogP contribution is 2.24. The van der Waals surface area contributed by atoms with Crippen LogP contribution in [0.2, 0.25) is 5.02 Å². The highest BCUT2D eigenvalue weighted by Gasteiger charge is 2.09. The smallest absolute Gasteiger partial charge is 0.278 e. The summed E-state index contributed by atoms with van der Waals surface area (Å²) in [6.45, 7) is 1.91. The number of halogens is 1. The lowest BCUT2D eigenvalue weighted by Crippen LogP contribution is -2.12. The zero-order valence-electron chi connectivity index (χ0n) is 12.2. The minimum absolute atomic E-state index is 0.198. The van der Waals surface area contributed by atoms with Crippen LogP contribution < -0.4 is 10.1 Å². The van der Waals surface area contributed by atoms with Crippen molar-refractivity contribution in [3.63, 3.8) is 0 Å². The highest BCUT2D eigenvalue weighted by molar-refractivity contribution is 7.11. The van der Waals surface area contributed by atoms with Gasteiger partial charge in [0.15, 0.2) is 0 Å². The molecule has 0 atom stereocenters. The molecule has 3 aromatic rings. The number of amides is 1. The van der Waals surface area contributed by atoms with Gasteiger partial charge in [-0.3, -0.25) is 4.79 Å². The summed E-state index contributed by atoms with van der Waals surface area (Å²) in [5.74, 6) is 0.437. The summed E-state index contributed by atoms with van der Waals surface area (Å²) in [5.41, 5.74) is 2.19. The Morgan fingerprint density at radius 3 is 2.70 bits per heavy atom. The minimum Gasteiger partial charge on any atom is -0.431 e. The van der Waals surface area contributed by atoms with Crippen molar-refractivity contribution in [1.82, 2.24) is 4.98 Å². The van der Waals surface area contributed by atoms with E-state index in [0.29, 0.717) is 27.2 Å². The van der Waals surface area contributed by atoms with E-state index >= 15 is 0 Å². The van der Waals surface area contributed by atoms with Gasteiger partial charge in [-0.1, -0.05) is 29.0 Å². The second-order valence-corrected chi connectivity index (χ2v) is 6.13. The molecule has 0 radical (unpaired) electrons. The van der Waals surface area contributed by atoms with Crippen molar-refractivity contribution < 1.29 is 9.53 Å². The number of hydrogen-bond donors (Lipinski definition) is 1. The molecule has 2 aromatic carbocycles. The maximum atomic E-state index is 12.3. The lowest BCUT2D eigenvalue weighted by molar-refractivity contribution is 0.102. The summed E-state index contributed by atoms with van der Waals surface area (Å²) in [5, 5.41) is 5.84. The summed E-state index contributed by atoms with van der Waals surface area (Å²) in [7, 11) is 0. The van der Waals surface area contributed by atoms with E-state index in [0.717, 1.165) is 5.56 Å². The molecule has 0 saturated carbocycles. The van der Waals surface area contributed by atoms with Crippen molar-refractivity contribution in [2.75, 3.05) is 5.32 Å². The lowest BCUT2D eigenvalue weighted by atomic mass is 10.1. The number of thiazole rings is 1. The molecule has 3 rings (SSSR count). The van der Waals surface area contributed by atoms with Crippen molar-refractivity contribution in [2.45, 2.75) is 6.92 Å². The molecule has 1 amide bonds. The van der Waals surface area contributed by atoms with Crippen LogP contribution in [0, 0.1) is 6.92 Å². The zero-order chi connectivity index (χ0) is 16.2. The van der Waals surface area contributed by atoms with Crippen LogP contribution in [0.3, 0.4) is 0 Å². The Bertz CT molecular complexity index is 817. The molecule has 1 N–H and O–H groups in total. The Balaban J connectivity index is 1.71. The van der Waals surface area contributed by atoms with Gasteiger partial charge >= 0.3 is 0 Å². The molecular formula is C17H13ClN2O2S. The summed E-state index contributed by atoms with van der Waals surface area (Å²) in [6.07, 6.45) is 1.68. The quantitative estimate of drug-likeness (QED) is 0.712. The van der Waals surface area contributed by atoms with E-state index in [4.69, 9.17) is 16.3 Å². The SMILES string of the molecule is Cc1ccc(Cl)cc1NC(=O)c1ccc(Oc2nccs2)cc1. The van der Waals surface area contributed by atoms with Crippen LogP contribution in [0.5, 0.6) is 10.9 Å². The van der Waals surface area contributed by atoms with Crippen molar-refractivity contribution in [3.05, 3.63) is 70.2 Å². The standard InChI is InChI=1S/C17H13ClN2O2S/c1-11-2-5-13(18)10-15(11)20-16(21)12-3-6-14(7-4-12)22-17-19-8-9-23-17/h2-10H,1H3,(H,20,21). The van der Waals surface area contributed by atoms with Gasteiger partial charge in [-0.2, -0.15) is 0 Å². The zero-order valence-corrected chi connectivity index (χ0v) is 13.8. The van der Waals surface area contributed by atoms with E-state index in [1.165, 1.54) is 11.3 Å². The van der Waals surface area contributed by atoms with Crippen molar-refractivity contribution in [1.29, 1.82) is 0 Å². The van der Waals surface area contributed by atoms with Gasteiger partial charge in [-0.05, 0) is 48.9 Å². The summed E-state index contributed by atoms with van der Waals surface area (Å²) < 4.78 is 5.56. The maximum Gasteiger partial charge on any atom is 0.278 e. The number of hydrogen-bond acceptors (Lipinski definition) is 4. The van der Waals surface area contributed by atoms with Crippen LogP contribution in [-0.4, -0.2) is 10.9 Å². The number of benzene rings is 2. The predicted molar refractivity (Wildman–Crippen MR) is 92.8 cm³/mol. The Labute approximate surface area is 142 Å². The molecule has 1 heterocycles. The third-order valence-corrected chi connectivity index (χ3v) is 4.06. The molecule has 0 aliphatic rings. The van der Waals surface area contributed by atoms with Gasteiger partial charge in [0.05, 0.1) is 0 Å². The first-order valence-corrected chi connectivity index (χ1v) is 8.12. The fourth-order valence-corrected chi connectivity index (χ4v) is 2.64. The van der Waals surface area contributed by atoms with Gasteiger partial charge in [-0.25, -0.2) is 4.98 Å². The van der Waals surface area contributed by atoms with Gasteiger partial charge in [0, 0.05) is 27.9 Å². The first-order chi connectivity index (χ1) is 11.1. The van der Waals surface area contributed by atoms with Gasteiger partial charge in [0.25, 0.3) is 11.1 Å². The molecule has 0 aliphatic carbocycles. The maximum absolute atomic E-state index is 12.3. The second kappa shape index (κ2) is 6.81. The van der Waals surface area contributed by atoms with Crippen LogP contribution in [0.15, 0.2) is 54.0 Å². The van der Waals surface area contributed by atoms with E-state index in [2.05, 4.69) is 10.3 Å². The third kappa shape index (κ3) is 3.88. The molecule has 0 saturated heterocycles. The Morgan fingerprint density at radius 1 is 1.22 bits per heavy atom. The molecule has 0 unspecified atom stereocenters. The van der Waals surface area contributed by atoms with Crippen LogP contribution in [0.25, 0.3) is 0 Å². The summed E-state index contributed by atoms with van der Waals surface area (Å²) in [6, 6.07) is 12.3. The number of carbonyl (C=O) groups is 1. The number of aryl methyl sites for hydroxylation is 1. The Hall–Kier alpha value is -2.37. The average Bonchev–Trinajstić information content (AvgIpc) is 3.04. The van der Waals surface area contributed by atoms with Crippen LogP contribution in [0.1, 0.15) is 15.9 Å². The number of ether oxygens (including phenoxy) is 1. The van der Waals surface area contributed by atoms with Gasteiger partial charge < -0.3 is 10.1 Å². The molecule has 0 fully saturated rings. The van der Waals surface area contributed by atoms with E-state index < -0.39 is 0 Å². The van der Waals surface area contributed by atoms with Gasteiger partial charge in [0.1, 0.15) is 5.75 Å². The molecule has 4 nitrogen and oxygen atoms in total. The van der Waals surface area contributed by atoms with E-state index in [1.807, 2.05) is 18.4 Å². The summed E-state index contributed by atoms with van der Waals surface area (Å²) >= 11 is 7.37. The Morgan fingerprint density at radius 2 is 2.00 bits per heavy atom. The van der Waals surface area contributed by atoms with Crippen molar-refractivity contribution in [3.8, 4) is 10.9 Å². The third-order valence-electron chi connectivity index (χ3n) is 3.18. The predicted octanol–water partition coefficient (Wildman–Crippen LogP) is 5.15. The number of aromatic nitrogens is 1. The molecule has 0 spiro atoms. The van der Waals surface area contributed by atoms with Crippen molar-refractivity contribution >= 4 is 34.5 Å². The highest BCUT2D eigenvalue weighted by atomic mass is 35.5. The largest absolute Gasteiger partial charge is 0.431 e. The number of anilines is 1. The number of rotatable bonds is 4. The van der Waals surface area contributed by atoms with Crippen LogP contribution in [-0.2, 0) is 0 Å². The fraction of sp³-hybridized carbons (Fsp3) is 0.0588. The topological polar surface area (TPSA) is 51.2 Å². The molecule has 0 aliphatic heterocycles. The minimum atomic E-state index is -0.198. The lowest BCUT2D eigenvalue weighted by Gasteiger charge is -2.09. The van der Waals surface area contributed by atoms with E-state index in [1.54, 1.807) is 42.6 Å². The monoisotopic (exact) mass is 344 g/mol. The fourth-order valence-electron chi connectivity index (χ4n) is 1.96. The second-order valence-electron chi connectivity index (χ2n) is 4.84. The molecule has 6 heteroatoms. The Kier molecular flexibility index (Phi) is 4.60. The number of nitrogens with one attached hydrogen (secondary N) is 1. The number of nitrogens with zero attached hydrogens (tertiary/aromatic N) is 1.